The van der Waals surface area contributed by atoms with Crippen LogP contribution in [0.25, 0.3) is 11.3 Å². The van der Waals surface area contributed by atoms with Gasteiger partial charge in [0, 0.05) is 18.2 Å². The molecule has 0 radical (unpaired) electrons. The molecule has 1 aliphatic carbocycles. The molecule has 3 rings (SSSR count). The number of aromatic amines is 1. The summed E-state index contributed by atoms with van der Waals surface area (Å²) in [6, 6.07) is 10.3. The first-order valence-electron chi connectivity index (χ1n) is 6.78. The largest absolute Gasteiger partial charge is 0.352 e. The van der Waals surface area contributed by atoms with Crippen molar-refractivity contribution in [2.75, 3.05) is 6.54 Å². The molecule has 3 N–H and O–H groups in total. The van der Waals surface area contributed by atoms with E-state index in [9.17, 15) is 4.79 Å². The fourth-order valence-corrected chi connectivity index (χ4v) is 2.00. The van der Waals surface area contributed by atoms with Crippen LogP contribution in [0.3, 0.4) is 0 Å². The van der Waals surface area contributed by atoms with Crippen molar-refractivity contribution < 1.29 is 4.79 Å². The Hall–Kier alpha value is -2.21. The maximum atomic E-state index is 11.6. The second-order valence-corrected chi connectivity index (χ2v) is 4.93. The highest BCUT2D eigenvalue weighted by molar-refractivity contribution is 5.78. The molecule has 1 amide bonds. The zero-order valence-corrected chi connectivity index (χ0v) is 11.1. The lowest BCUT2D eigenvalue weighted by molar-refractivity contribution is -0.120. The second-order valence-electron chi connectivity index (χ2n) is 4.93. The molecule has 0 unspecified atom stereocenters. The summed E-state index contributed by atoms with van der Waals surface area (Å²) in [5.74, 6) is 0.0391. The molecule has 1 aromatic heterocycles. The monoisotopic (exact) mass is 271 g/mol. The lowest BCUT2D eigenvalue weighted by atomic mass is 10.1. The van der Waals surface area contributed by atoms with E-state index >= 15 is 0 Å². The first-order chi connectivity index (χ1) is 9.83. The van der Waals surface area contributed by atoms with Gasteiger partial charge in [0.2, 0.25) is 5.91 Å². The van der Waals surface area contributed by atoms with E-state index in [2.05, 4.69) is 26.0 Å². The van der Waals surface area contributed by atoms with Crippen molar-refractivity contribution in [2.45, 2.75) is 25.4 Å². The number of benzene rings is 1. The number of rotatable bonds is 6. The SMILES string of the molecule is O=C(CNCc1n[nH]nc1-c1ccccc1)NC1CC1. The molecule has 0 aliphatic heterocycles. The highest BCUT2D eigenvalue weighted by Crippen LogP contribution is 2.19. The second kappa shape index (κ2) is 5.83. The maximum absolute atomic E-state index is 11.6. The van der Waals surface area contributed by atoms with E-state index < -0.39 is 0 Å². The van der Waals surface area contributed by atoms with Gasteiger partial charge < -0.3 is 10.6 Å². The zero-order valence-electron chi connectivity index (χ0n) is 11.1. The number of hydrogen-bond donors (Lipinski definition) is 3. The predicted octanol–water partition coefficient (Wildman–Crippen LogP) is 0.840. The highest BCUT2D eigenvalue weighted by atomic mass is 16.2. The van der Waals surface area contributed by atoms with Crippen LogP contribution < -0.4 is 10.6 Å². The molecule has 1 heterocycles. The van der Waals surface area contributed by atoms with E-state index in [1.54, 1.807) is 0 Å². The Morgan fingerprint density at radius 1 is 1.25 bits per heavy atom. The average Bonchev–Trinajstić information content (AvgIpc) is 3.15. The van der Waals surface area contributed by atoms with E-state index in [0.29, 0.717) is 19.1 Å². The van der Waals surface area contributed by atoms with Gasteiger partial charge in [-0.15, -0.1) is 0 Å². The molecule has 104 valence electrons. The molecule has 0 atom stereocenters. The van der Waals surface area contributed by atoms with Crippen molar-refractivity contribution in [1.29, 1.82) is 0 Å². The molecule has 1 saturated carbocycles. The first-order valence-corrected chi connectivity index (χ1v) is 6.78. The van der Waals surface area contributed by atoms with Crippen LogP contribution >= 0.6 is 0 Å². The Morgan fingerprint density at radius 2 is 2.05 bits per heavy atom. The molecule has 6 heteroatoms. The topological polar surface area (TPSA) is 82.7 Å². The lowest BCUT2D eigenvalue weighted by Gasteiger charge is -2.05. The van der Waals surface area contributed by atoms with Crippen LogP contribution in [0.1, 0.15) is 18.5 Å². The normalized spacial score (nSPS) is 14.2. The van der Waals surface area contributed by atoms with E-state index in [0.717, 1.165) is 29.8 Å². The summed E-state index contributed by atoms with van der Waals surface area (Å²) in [6.07, 6.45) is 2.21. The van der Waals surface area contributed by atoms with Gasteiger partial charge >= 0.3 is 0 Å². The van der Waals surface area contributed by atoms with Gasteiger partial charge in [0.05, 0.1) is 6.54 Å². The molecule has 1 aliphatic rings. The van der Waals surface area contributed by atoms with Crippen LogP contribution in [0.4, 0.5) is 0 Å². The van der Waals surface area contributed by atoms with Crippen molar-refractivity contribution in [3.63, 3.8) is 0 Å². The Kier molecular flexibility index (Phi) is 3.73. The van der Waals surface area contributed by atoms with Gasteiger partial charge in [0.15, 0.2) is 0 Å². The van der Waals surface area contributed by atoms with Gasteiger partial charge in [-0.05, 0) is 12.8 Å². The number of H-pyrrole nitrogens is 1. The Balaban J connectivity index is 1.55. The number of nitrogens with one attached hydrogen (secondary N) is 3. The smallest absolute Gasteiger partial charge is 0.234 e. The molecule has 1 fully saturated rings. The summed E-state index contributed by atoms with van der Waals surface area (Å²) in [7, 11) is 0. The summed E-state index contributed by atoms with van der Waals surface area (Å²) in [6.45, 7) is 0.816. The van der Waals surface area contributed by atoms with Gasteiger partial charge in [0.1, 0.15) is 11.4 Å². The lowest BCUT2D eigenvalue weighted by Crippen LogP contribution is -2.34. The third kappa shape index (κ3) is 3.21. The number of amides is 1. The maximum Gasteiger partial charge on any atom is 0.234 e. The fraction of sp³-hybridized carbons (Fsp3) is 0.357. The summed E-state index contributed by atoms with van der Waals surface area (Å²) in [5, 5.41) is 17.0. The van der Waals surface area contributed by atoms with Crippen molar-refractivity contribution in [3.05, 3.63) is 36.0 Å². The van der Waals surface area contributed by atoms with Crippen LogP contribution in [0.5, 0.6) is 0 Å². The quantitative estimate of drug-likeness (QED) is 0.727. The Labute approximate surface area is 117 Å². The third-order valence-corrected chi connectivity index (χ3v) is 3.19. The summed E-state index contributed by atoms with van der Waals surface area (Å²) >= 11 is 0. The van der Waals surface area contributed by atoms with Gasteiger partial charge in [-0.1, -0.05) is 30.3 Å². The molecule has 0 saturated heterocycles. The van der Waals surface area contributed by atoms with E-state index in [-0.39, 0.29) is 5.91 Å². The first kappa shape index (κ1) is 12.8. The molecular formula is C14H17N5O. The van der Waals surface area contributed by atoms with Gasteiger partial charge in [-0.25, -0.2) is 0 Å². The summed E-state index contributed by atoms with van der Waals surface area (Å²) < 4.78 is 0. The van der Waals surface area contributed by atoms with E-state index in [1.807, 2.05) is 30.3 Å². The van der Waals surface area contributed by atoms with Crippen molar-refractivity contribution >= 4 is 5.91 Å². The fourth-order valence-electron chi connectivity index (χ4n) is 2.00. The van der Waals surface area contributed by atoms with Gasteiger partial charge in [-0.2, -0.15) is 15.4 Å². The number of carbonyl (C=O) groups is 1. The van der Waals surface area contributed by atoms with Crippen LogP contribution in [0.2, 0.25) is 0 Å². The minimum atomic E-state index is 0.0391. The third-order valence-electron chi connectivity index (χ3n) is 3.19. The molecule has 6 nitrogen and oxygen atoms in total. The molecular weight excluding hydrogens is 254 g/mol. The minimum Gasteiger partial charge on any atom is -0.352 e. The van der Waals surface area contributed by atoms with Crippen LogP contribution in [-0.2, 0) is 11.3 Å². The minimum absolute atomic E-state index is 0.0391. The number of nitrogens with zero attached hydrogens (tertiary/aromatic N) is 2. The average molecular weight is 271 g/mol. The number of hydrogen-bond acceptors (Lipinski definition) is 4. The molecule has 0 spiro atoms. The number of aromatic nitrogens is 3. The van der Waals surface area contributed by atoms with Crippen molar-refractivity contribution in [2.24, 2.45) is 0 Å². The summed E-state index contributed by atoms with van der Waals surface area (Å²) in [4.78, 5) is 11.6. The number of carbonyl (C=O) groups excluding carboxylic acids is 1. The highest BCUT2D eigenvalue weighted by Gasteiger charge is 2.22. The molecule has 0 bridgehead atoms. The molecule has 1 aromatic carbocycles. The summed E-state index contributed by atoms with van der Waals surface area (Å²) in [5.41, 5.74) is 2.65. The van der Waals surface area contributed by atoms with Gasteiger partial charge in [-0.3, -0.25) is 4.79 Å². The Bertz CT molecular complexity index is 576. The van der Waals surface area contributed by atoms with Crippen LogP contribution in [0, 0.1) is 0 Å². The predicted molar refractivity (Wildman–Crippen MR) is 74.7 cm³/mol. The Morgan fingerprint density at radius 3 is 2.80 bits per heavy atom. The molecule has 20 heavy (non-hydrogen) atoms. The van der Waals surface area contributed by atoms with Crippen molar-refractivity contribution in [3.8, 4) is 11.3 Å². The van der Waals surface area contributed by atoms with Gasteiger partial charge in [0.25, 0.3) is 0 Å². The van der Waals surface area contributed by atoms with E-state index in [1.165, 1.54) is 0 Å². The zero-order chi connectivity index (χ0) is 13.8. The van der Waals surface area contributed by atoms with Crippen LogP contribution in [-0.4, -0.2) is 33.9 Å². The molecule has 2 aromatic rings. The van der Waals surface area contributed by atoms with Crippen LogP contribution in [0.15, 0.2) is 30.3 Å². The standard InChI is InChI=1S/C14H17N5O/c20-13(16-11-6-7-11)9-15-8-12-14(18-19-17-12)10-4-2-1-3-5-10/h1-5,11,15H,6-9H2,(H,16,20)(H,17,18,19). The van der Waals surface area contributed by atoms with E-state index in [4.69, 9.17) is 0 Å². The van der Waals surface area contributed by atoms with Crippen molar-refractivity contribution in [1.82, 2.24) is 26.0 Å².